The third-order valence-electron chi connectivity index (χ3n) is 4.89. The van der Waals surface area contributed by atoms with Gasteiger partial charge >= 0.3 is 0 Å². The molecular formula is C18H20N6O2. The Balaban J connectivity index is 1.59. The fraction of sp³-hybridized carbons (Fsp3) is 0.389. The Morgan fingerprint density at radius 2 is 1.92 bits per heavy atom. The number of hydrogen-bond acceptors (Lipinski definition) is 5. The van der Waals surface area contributed by atoms with Gasteiger partial charge in [-0.05, 0) is 19.1 Å². The van der Waals surface area contributed by atoms with Crippen molar-refractivity contribution in [3.8, 4) is 11.4 Å². The van der Waals surface area contributed by atoms with E-state index in [0.29, 0.717) is 38.2 Å². The number of fused-ring (bicyclic) bond motifs is 1. The molecule has 0 aromatic carbocycles. The van der Waals surface area contributed by atoms with E-state index in [0.717, 1.165) is 22.8 Å². The van der Waals surface area contributed by atoms with Crippen LogP contribution in [0.3, 0.4) is 0 Å². The number of aryl methyl sites for hydroxylation is 1. The van der Waals surface area contributed by atoms with Crippen molar-refractivity contribution in [1.82, 2.24) is 24.4 Å². The number of nitrogens with zero attached hydrogens (tertiary/aromatic N) is 6. The summed E-state index contributed by atoms with van der Waals surface area (Å²) in [5, 5.41) is 5.41. The van der Waals surface area contributed by atoms with Crippen LogP contribution in [0.2, 0.25) is 0 Å². The van der Waals surface area contributed by atoms with Crippen LogP contribution < -0.4 is 0 Å². The molecule has 4 heterocycles. The molecule has 2 aromatic rings. The number of carbonyl (C=O) groups is 2. The van der Waals surface area contributed by atoms with Crippen LogP contribution in [0.25, 0.3) is 11.4 Å². The van der Waals surface area contributed by atoms with Gasteiger partial charge in [0.1, 0.15) is 11.5 Å². The van der Waals surface area contributed by atoms with E-state index in [2.05, 4.69) is 14.7 Å². The summed E-state index contributed by atoms with van der Waals surface area (Å²) in [7, 11) is 1.59. The van der Waals surface area contributed by atoms with Crippen LogP contribution in [0, 0.1) is 6.92 Å². The topological polar surface area (TPSA) is 83.7 Å². The van der Waals surface area contributed by atoms with Crippen LogP contribution in [-0.4, -0.2) is 55.6 Å². The van der Waals surface area contributed by atoms with Gasteiger partial charge in [0, 0.05) is 50.9 Å². The lowest BCUT2D eigenvalue weighted by Gasteiger charge is -2.31. The molecule has 0 fully saturated rings. The SMILES string of the molecule is Cc1nc(-c2ccncc2)n2c1CN(C(=O)C1=NN(C)C(=O)CC1)CC2. The fourth-order valence-corrected chi connectivity index (χ4v) is 3.43. The Bertz CT molecular complexity index is 902. The first-order valence-corrected chi connectivity index (χ1v) is 8.64. The van der Waals surface area contributed by atoms with Crippen molar-refractivity contribution in [3.63, 3.8) is 0 Å². The van der Waals surface area contributed by atoms with Gasteiger partial charge in [0.2, 0.25) is 5.91 Å². The first kappa shape index (κ1) is 16.4. The molecule has 8 heteroatoms. The number of amides is 2. The van der Waals surface area contributed by atoms with Crippen LogP contribution in [0.4, 0.5) is 0 Å². The van der Waals surface area contributed by atoms with E-state index >= 15 is 0 Å². The van der Waals surface area contributed by atoms with Gasteiger partial charge in [-0.3, -0.25) is 14.6 Å². The highest BCUT2D eigenvalue weighted by atomic mass is 16.2. The maximum atomic E-state index is 12.8. The zero-order chi connectivity index (χ0) is 18.3. The maximum absolute atomic E-state index is 12.8. The summed E-state index contributed by atoms with van der Waals surface area (Å²) < 4.78 is 2.17. The lowest BCUT2D eigenvalue weighted by Crippen LogP contribution is -2.44. The van der Waals surface area contributed by atoms with Crippen molar-refractivity contribution < 1.29 is 9.59 Å². The Morgan fingerprint density at radius 3 is 2.65 bits per heavy atom. The predicted molar refractivity (Wildman–Crippen MR) is 95.1 cm³/mol. The van der Waals surface area contributed by atoms with Gasteiger partial charge in [-0.25, -0.2) is 9.99 Å². The Morgan fingerprint density at radius 1 is 1.15 bits per heavy atom. The van der Waals surface area contributed by atoms with Gasteiger partial charge in [-0.1, -0.05) is 0 Å². The van der Waals surface area contributed by atoms with Gasteiger partial charge in [-0.15, -0.1) is 0 Å². The molecule has 4 rings (SSSR count). The van der Waals surface area contributed by atoms with Crippen molar-refractivity contribution in [3.05, 3.63) is 35.9 Å². The number of rotatable bonds is 2. The van der Waals surface area contributed by atoms with Crippen molar-refractivity contribution in [1.29, 1.82) is 0 Å². The molecule has 26 heavy (non-hydrogen) atoms. The molecule has 0 saturated carbocycles. The van der Waals surface area contributed by atoms with Crippen LogP contribution in [-0.2, 0) is 22.7 Å². The van der Waals surface area contributed by atoms with Crippen LogP contribution in [0.5, 0.6) is 0 Å². The maximum Gasteiger partial charge on any atom is 0.270 e. The van der Waals surface area contributed by atoms with E-state index in [4.69, 9.17) is 4.98 Å². The van der Waals surface area contributed by atoms with E-state index in [-0.39, 0.29) is 11.8 Å². The Hall–Kier alpha value is -3.03. The summed E-state index contributed by atoms with van der Waals surface area (Å²) in [6, 6.07) is 3.88. The van der Waals surface area contributed by atoms with Crippen LogP contribution >= 0.6 is 0 Å². The zero-order valence-corrected chi connectivity index (χ0v) is 14.8. The molecule has 8 nitrogen and oxygen atoms in total. The lowest BCUT2D eigenvalue weighted by atomic mass is 10.1. The zero-order valence-electron chi connectivity index (χ0n) is 14.8. The second-order valence-corrected chi connectivity index (χ2v) is 6.55. The molecule has 0 aliphatic carbocycles. The van der Waals surface area contributed by atoms with Gasteiger partial charge in [0.25, 0.3) is 5.91 Å². The first-order chi connectivity index (χ1) is 12.5. The summed E-state index contributed by atoms with van der Waals surface area (Å²) >= 11 is 0. The van der Waals surface area contributed by atoms with Crippen molar-refractivity contribution in [2.45, 2.75) is 32.9 Å². The molecule has 2 aliphatic heterocycles. The molecule has 0 radical (unpaired) electrons. The quantitative estimate of drug-likeness (QED) is 0.813. The number of hydrogen-bond donors (Lipinski definition) is 0. The summed E-state index contributed by atoms with van der Waals surface area (Å²) in [6.45, 7) is 3.74. The second-order valence-electron chi connectivity index (χ2n) is 6.55. The second kappa shape index (κ2) is 6.36. The summed E-state index contributed by atoms with van der Waals surface area (Å²) in [4.78, 5) is 34.9. The van der Waals surface area contributed by atoms with Gasteiger partial charge in [0.05, 0.1) is 17.9 Å². The molecule has 2 amide bonds. The van der Waals surface area contributed by atoms with Crippen LogP contribution in [0.1, 0.15) is 24.2 Å². The normalized spacial score (nSPS) is 17.2. The van der Waals surface area contributed by atoms with E-state index in [1.54, 1.807) is 24.3 Å². The molecule has 0 N–H and O–H groups in total. The molecule has 0 atom stereocenters. The predicted octanol–water partition coefficient (Wildman–Crippen LogP) is 1.20. The number of imidazole rings is 1. The molecule has 0 spiro atoms. The van der Waals surface area contributed by atoms with E-state index in [1.165, 1.54) is 5.01 Å². The monoisotopic (exact) mass is 352 g/mol. The summed E-state index contributed by atoms with van der Waals surface area (Å²) in [5.41, 5.74) is 3.43. The molecule has 2 aromatic heterocycles. The number of carbonyl (C=O) groups excluding carboxylic acids is 2. The molecule has 0 saturated heterocycles. The molecule has 2 aliphatic rings. The van der Waals surface area contributed by atoms with Crippen molar-refractivity contribution in [2.75, 3.05) is 13.6 Å². The third kappa shape index (κ3) is 2.77. The van der Waals surface area contributed by atoms with Gasteiger partial charge < -0.3 is 9.47 Å². The van der Waals surface area contributed by atoms with Gasteiger partial charge in [-0.2, -0.15) is 5.10 Å². The number of pyridine rings is 1. The lowest BCUT2D eigenvalue weighted by molar-refractivity contribution is -0.131. The van der Waals surface area contributed by atoms with Crippen LogP contribution in [0.15, 0.2) is 29.6 Å². The largest absolute Gasteiger partial charge is 0.330 e. The molecule has 0 bridgehead atoms. The van der Waals surface area contributed by atoms with Crippen molar-refractivity contribution >= 4 is 17.5 Å². The smallest absolute Gasteiger partial charge is 0.270 e. The van der Waals surface area contributed by atoms with E-state index < -0.39 is 0 Å². The molecule has 134 valence electrons. The standard InChI is InChI=1S/C18H20N6O2/c1-12-15-11-23(18(26)14-3-4-16(25)22(2)21-14)9-10-24(15)17(20-12)13-5-7-19-8-6-13/h5-8H,3-4,9-11H2,1-2H3. The van der Waals surface area contributed by atoms with Crippen molar-refractivity contribution in [2.24, 2.45) is 5.10 Å². The highest BCUT2D eigenvalue weighted by molar-refractivity contribution is 6.39. The first-order valence-electron chi connectivity index (χ1n) is 8.64. The highest BCUT2D eigenvalue weighted by Gasteiger charge is 2.30. The highest BCUT2D eigenvalue weighted by Crippen LogP contribution is 2.26. The molecular weight excluding hydrogens is 332 g/mol. The third-order valence-corrected chi connectivity index (χ3v) is 4.89. The minimum atomic E-state index is -0.0957. The molecule has 0 unspecified atom stereocenters. The van der Waals surface area contributed by atoms with E-state index in [9.17, 15) is 9.59 Å². The average Bonchev–Trinajstić information content (AvgIpc) is 3.00. The number of aromatic nitrogens is 3. The minimum absolute atomic E-state index is 0.0592. The minimum Gasteiger partial charge on any atom is -0.330 e. The Kier molecular flexibility index (Phi) is 4.02. The van der Waals surface area contributed by atoms with Gasteiger partial charge in [0.15, 0.2) is 0 Å². The summed E-state index contributed by atoms with van der Waals surface area (Å²) in [6.07, 6.45) is 4.24. The Labute approximate surface area is 151 Å². The van der Waals surface area contributed by atoms with E-state index in [1.807, 2.05) is 19.1 Å². The summed E-state index contributed by atoms with van der Waals surface area (Å²) in [5.74, 6) is 0.755. The average molecular weight is 352 g/mol. The number of hydrazone groups is 1. The fourth-order valence-electron chi connectivity index (χ4n) is 3.43.